The number of hydrogen-bond acceptors (Lipinski definition) is 2. The second-order valence-corrected chi connectivity index (χ2v) is 11.0. The van der Waals surface area contributed by atoms with Crippen molar-refractivity contribution < 1.29 is 0 Å². The maximum atomic E-state index is 2.38. The zero-order valence-electron chi connectivity index (χ0n) is 11.4. The minimum atomic E-state index is -0.875. The lowest BCUT2D eigenvalue weighted by atomic mass is 10.4. The lowest BCUT2D eigenvalue weighted by Gasteiger charge is -2.21. The zero-order chi connectivity index (χ0) is 12.3. The van der Waals surface area contributed by atoms with Gasteiger partial charge in [-0.1, -0.05) is 37.4 Å². The second-order valence-electron chi connectivity index (χ2n) is 4.95. The van der Waals surface area contributed by atoms with Crippen LogP contribution in [0.3, 0.4) is 0 Å². The fourth-order valence-electron chi connectivity index (χ4n) is 1.65. The van der Waals surface area contributed by atoms with Gasteiger partial charge in [0.2, 0.25) is 0 Å². The molecule has 0 N–H and O–H groups in total. The Morgan fingerprint density at radius 1 is 0.688 bits per heavy atom. The molecule has 1 aromatic rings. The molecule has 0 fully saturated rings. The Hall–Kier alpha value is -0.426. The van der Waals surface area contributed by atoms with E-state index in [9.17, 15) is 0 Å². The Labute approximate surface area is 103 Å². The highest BCUT2D eigenvalue weighted by molar-refractivity contribution is 6.71. The standard InChI is InChI=1S/C12H24N2Si2/c1-13(2)15(5)11-7-9-12(10-8-11)16(6)14(3)4/h7-10,15-16H,1-6H3. The molecule has 90 valence electrons. The third kappa shape index (κ3) is 3.28. The molecule has 0 aromatic heterocycles. The Morgan fingerprint density at radius 2 is 0.938 bits per heavy atom. The SMILES string of the molecule is CN(C)[SiH](C)c1ccc([SiH](C)N(C)C)cc1. The van der Waals surface area contributed by atoms with Gasteiger partial charge in [-0.2, -0.15) is 0 Å². The highest BCUT2D eigenvalue weighted by Gasteiger charge is 2.12. The number of hydrogen-bond donors (Lipinski definition) is 0. The lowest BCUT2D eigenvalue weighted by Crippen LogP contribution is -2.44. The quantitative estimate of drug-likeness (QED) is 0.693. The Bertz CT molecular complexity index is 289. The molecule has 2 atom stereocenters. The Balaban J connectivity index is 2.83. The van der Waals surface area contributed by atoms with E-state index in [4.69, 9.17) is 0 Å². The normalized spacial score (nSPS) is 15.5. The minimum absolute atomic E-state index is 0.875. The van der Waals surface area contributed by atoms with Gasteiger partial charge in [-0.3, -0.25) is 0 Å². The summed E-state index contributed by atoms with van der Waals surface area (Å²) in [6, 6.07) is 9.33. The Kier molecular flexibility index (Phi) is 4.92. The molecule has 1 rings (SSSR count). The molecule has 0 saturated heterocycles. The van der Waals surface area contributed by atoms with E-state index in [2.05, 4.69) is 74.7 Å². The second kappa shape index (κ2) is 5.77. The molecule has 0 aliphatic carbocycles. The molecule has 0 bridgehead atoms. The molecule has 0 saturated carbocycles. The van der Waals surface area contributed by atoms with Crippen molar-refractivity contribution in [2.24, 2.45) is 0 Å². The van der Waals surface area contributed by atoms with Gasteiger partial charge in [0, 0.05) is 0 Å². The molecule has 0 heterocycles. The predicted octanol–water partition coefficient (Wildman–Crippen LogP) is -0.0690. The van der Waals surface area contributed by atoms with Crippen molar-refractivity contribution in [1.29, 1.82) is 0 Å². The molecule has 16 heavy (non-hydrogen) atoms. The Morgan fingerprint density at radius 3 is 1.12 bits per heavy atom. The summed E-state index contributed by atoms with van der Waals surface area (Å²) in [6.07, 6.45) is 0. The van der Waals surface area contributed by atoms with Crippen LogP contribution < -0.4 is 10.4 Å². The molecule has 0 amide bonds. The van der Waals surface area contributed by atoms with Crippen LogP contribution in [0.4, 0.5) is 0 Å². The summed E-state index contributed by atoms with van der Waals surface area (Å²) in [4.78, 5) is 0. The van der Waals surface area contributed by atoms with E-state index in [1.54, 1.807) is 0 Å². The van der Waals surface area contributed by atoms with E-state index in [0.29, 0.717) is 0 Å². The van der Waals surface area contributed by atoms with Crippen molar-refractivity contribution >= 4 is 28.3 Å². The van der Waals surface area contributed by atoms with E-state index < -0.39 is 17.9 Å². The van der Waals surface area contributed by atoms with Gasteiger partial charge in [0.1, 0.15) is 17.9 Å². The number of nitrogens with zero attached hydrogens (tertiary/aromatic N) is 2. The van der Waals surface area contributed by atoms with Crippen LogP contribution >= 0.6 is 0 Å². The first-order valence-corrected chi connectivity index (χ1v) is 10.4. The first-order chi connectivity index (χ1) is 7.43. The molecule has 4 heteroatoms. The molecule has 0 spiro atoms. The number of benzene rings is 1. The van der Waals surface area contributed by atoms with Crippen molar-refractivity contribution in [3.63, 3.8) is 0 Å². The summed E-state index contributed by atoms with van der Waals surface area (Å²) in [7, 11) is 6.98. The van der Waals surface area contributed by atoms with Crippen molar-refractivity contribution in [3.8, 4) is 0 Å². The summed E-state index contributed by atoms with van der Waals surface area (Å²) in [5.74, 6) is 0. The predicted molar refractivity (Wildman–Crippen MR) is 79.1 cm³/mol. The average molecular weight is 253 g/mol. The molecule has 2 unspecified atom stereocenters. The molecule has 1 aromatic carbocycles. The smallest absolute Gasteiger partial charge is 0.140 e. The van der Waals surface area contributed by atoms with Crippen LogP contribution in [0.25, 0.3) is 0 Å². The molecule has 2 nitrogen and oxygen atoms in total. The maximum Gasteiger partial charge on any atom is 0.140 e. The van der Waals surface area contributed by atoms with Gasteiger partial charge in [-0.05, 0) is 38.6 Å². The first kappa shape index (κ1) is 13.6. The first-order valence-electron chi connectivity index (χ1n) is 5.86. The van der Waals surface area contributed by atoms with Crippen LogP contribution in [0.2, 0.25) is 13.1 Å². The minimum Gasteiger partial charge on any atom is -0.328 e. The van der Waals surface area contributed by atoms with Crippen LogP contribution in [-0.2, 0) is 0 Å². The fourth-order valence-corrected chi connectivity index (χ4v) is 4.34. The van der Waals surface area contributed by atoms with Gasteiger partial charge < -0.3 is 9.13 Å². The van der Waals surface area contributed by atoms with E-state index in [-0.39, 0.29) is 0 Å². The van der Waals surface area contributed by atoms with Crippen molar-refractivity contribution in [2.75, 3.05) is 28.2 Å². The third-order valence-electron chi connectivity index (χ3n) is 3.45. The molecule has 0 radical (unpaired) electrons. The highest BCUT2D eigenvalue weighted by atomic mass is 28.3. The van der Waals surface area contributed by atoms with E-state index in [0.717, 1.165) is 0 Å². The topological polar surface area (TPSA) is 6.48 Å². The van der Waals surface area contributed by atoms with Gasteiger partial charge in [-0.15, -0.1) is 0 Å². The van der Waals surface area contributed by atoms with Crippen LogP contribution in [-0.4, -0.2) is 55.2 Å². The van der Waals surface area contributed by atoms with Crippen LogP contribution in [0, 0.1) is 0 Å². The fraction of sp³-hybridized carbons (Fsp3) is 0.500. The van der Waals surface area contributed by atoms with Crippen molar-refractivity contribution in [2.45, 2.75) is 13.1 Å². The molecule has 0 aliphatic heterocycles. The molecular formula is C12H24N2Si2. The van der Waals surface area contributed by atoms with Gasteiger partial charge in [0.05, 0.1) is 0 Å². The zero-order valence-corrected chi connectivity index (χ0v) is 13.7. The summed E-state index contributed by atoms with van der Waals surface area (Å²) >= 11 is 0. The van der Waals surface area contributed by atoms with Gasteiger partial charge in [0.15, 0.2) is 0 Å². The van der Waals surface area contributed by atoms with Gasteiger partial charge in [0.25, 0.3) is 0 Å². The highest BCUT2D eigenvalue weighted by Crippen LogP contribution is 1.93. The van der Waals surface area contributed by atoms with Crippen LogP contribution in [0.5, 0.6) is 0 Å². The largest absolute Gasteiger partial charge is 0.328 e. The van der Waals surface area contributed by atoms with Crippen LogP contribution in [0.15, 0.2) is 24.3 Å². The summed E-state index contributed by atoms with van der Waals surface area (Å²) in [5, 5.41) is 3.07. The van der Waals surface area contributed by atoms with E-state index in [1.165, 1.54) is 10.4 Å². The summed E-state index contributed by atoms with van der Waals surface area (Å²) in [6.45, 7) is 4.75. The summed E-state index contributed by atoms with van der Waals surface area (Å²) < 4.78 is 4.75. The van der Waals surface area contributed by atoms with Crippen molar-refractivity contribution in [1.82, 2.24) is 9.13 Å². The molecular weight excluding hydrogens is 228 g/mol. The third-order valence-corrected chi connectivity index (χ3v) is 9.25. The van der Waals surface area contributed by atoms with Crippen LogP contribution in [0.1, 0.15) is 0 Å². The van der Waals surface area contributed by atoms with Gasteiger partial charge >= 0.3 is 0 Å². The van der Waals surface area contributed by atoms with Crippen molar-refractivity contribution in [3.05, 3.63) is 24.3 Å². The lowest BCUT2D eigenvalue weighted by molar-refractivity contribution is 0.652. The monoisotopic (exact) mass is 252 g/mol. The molecule has 0 aliphatic rings. The maximum absolute atomic E-state index is 2.38. The average Bonchev–Trinajstić information content (AvgIpc) is 2.27. The van der Waals surface area contributed by atoms with Gasteiger partial charge in [-0.25, -0.2) is 0 Å². The van der Waals surface area contributed by atoms with E-state index >= 15 is 0 Å². The summed E-state index contributed by atoms with van der Waals surface area (Å²) in [5.41, 5.74) is 0. The number of rotatable bonds is 4. The van der Waals surface area contributed by atoms with E-state index in [1.807, 2.05) is 0 Å².